The quantitative estimate of drug-likeness (QED) is 0.748. The van der Waals surface area contributed by atoms with Crippen molar-refractivity contribution >= 4 is 11.9 Å². The molecule has 0 atom stereocenters. The third kappa shape index (κ3) is 4.30. The van der Waals surface area contributed by atoms with Crippen LogP contribution >= 0.6 is 0 Å². The first-order chi connectivity index (χ1) is 10.1. The Kier molecular flexibility index (Phi) is 5.35. The van der Waals surface area contributed by atoms with E-state index in [9.17, 15) is 9.59 Å². The third-order valence-corrected chi connectivity index (χ3v) is 3.38. The van der Waals surface area contributed by atoms with E-state index in [2.05, 4.69) is 5.32 Å². The number of amides is 1. The smallest absolute Gasteiger partial charge is 0.339 e. The highest BCUT2D eigenvalue weighted by atomic mass is 16.5. The van der Waals surface area contributed by atoms with Gasteiger partial charge in [0.1, 0.15) is 17.1 Å². The number of carboxylic acid groups (broad SMARTS) is 1. The van der Waals surface area contributed by atoms with E-state index in [-0.39, 0.29) is 11.5 Å². The van der Waals surface area contributed by atoms with Crippen LogP contribution in [0.4, 0.5) is 0 Å². The summed E-state index contributed by atoms with van der Waals surface area (Å²) in [6, 6.07) is 1.51. The molecular weight excluding hydrogens is 276 g/mol. The van der Waals surface area contributed by atoms with Crippen LogP contribution in [0.2, 0.25) is 0 Å². The zero-order chi connectivity index (χ0) is 15.2. The standard InChI is InChI=1S/C14H20N2O5/c1-10-12(14(18)19)8-11(21-10)9-15-3-2-13(17)16-4-6-20-7-5-16/h8,15H,2-7,9H2,1H3,(H,18,19). The summed E-state index contributed by atoms with van der Waals surface area (Å²) in [5.74, 6) is 0.0602. The Labute approximate surface area is 122 Å². The summed E-state index contributed by atoms with van der Waals surface area (Å²) in [7, 11) is 0. The van der Waals surface area contributed by atoms with Crippen LogP contribution in [-0.2, 0) is 16.1 Å². The van der Waals surface area contributed by atoms with Crippen molar-refractivity contribution in [3.05, 3.63) is 23.2 Å². The van der Waals surface area contributed by atoms with Crippen molar-refractivity contribution in [3.8, 4) is 0 Å². The Bertz CT molecular complexity index is 505. The second-order valence-corrected chi connectivity index (χ2v) is 4.91. The highest BCUT2D eigenvalue weighted by Gasteiger charge is 2.16. The van der Waals surface area contributed by atoms with Crippen LogP contribution in [0.3, 0.4) is 0 Å². The second kappa shape index (κ2) is 7.24. The first-order valence-electron chi connectivity index (χ1n) is 6.97. The van der Waals surface area contributed by atoms with Gasteiger partial charge in [-0.2, -0.15) is 0 Å². The summed E-state index contributed by atoms with van der Waals surface area (Å²) in [6.45, 7) is 5.06. The van der Waals surface area contributed by atoms with Gasteiger partial charge in [0.2, 0.25) is 5.91 Å². The van der Waals surface area contributed by atoms with Gasteiger partial charge in [-0.25, -0.2) is 4.79 Å². The van der Waals surface area contributed by atoms with Crippen LogP contribution in [0.15, 0.2) is 10.5 Å². The molecule has 2 rings (SSSR count). The van der Waals surface area contributed by atoms with Crippen molar-refractivity contribution in [1.29, 1.82) is 0 Å². The first-order valence-corrected chi connectivity index (χ1v) is 6.97. The molecule has 0 saturated carbocycles. The number of carbonyl (C=O) groups excluding carboxylic acids is 1. The Morgan fingerprint density at radius 2 is 2.10 bits per heavy atom. The maximum absolute atomic E-state index is 11.9. The zero-order valence-electron chi connectivity index (χ0n) is 12.1. The number of nitrogens with zero attached hydrogens (tertiary/aromatic N) is 1. The van der Waals surface area contributed by atoms with Gasteiger partial charge in [0.05, 0.1) is 19.8 Å². The molecule has 1 amide bonds. The number of furan rings is 1. The molecule has 0 aromatic carbocycles. The lowest BCUT2D eigenvalue weighted by molar-refractivity contribution is -0.135. The molecule has 0 spiro atoms. The molecule has 1 aliphatic rings. The van der Waals surface area contributed by atoms with E-state index in [4.69, 9.17) is 14.3 Å². The maximum Gasteiger partial charge on any atom is 0.339 e. The number of rotatable bonds is 6. The van der Waals surface area contributed by atoms with Gasteiger partial charge in [-0.05, 0) is 13.0 Å². The highest BCUT2D eigenvalue weighted by Crippen LogP contribution is 2.14. The number of hydrogen-bond donors (Lipinski definition) is 2. The molecule has 7 heteroatoms. The van der Waals surface area contributed by atoms with Crippen LogP contribution in [0.1, 0.15) is 28.3 Å². The lowest BCUT2D eigenvalue weighted by Crippen LogP contribution is -2.41. The molecule has 1 aromatic heterocycles. The van der Waals surface area contributed by atoms with Gasteiger partial charge in [0.15, 0.2) is 0 Å². The molecule has 1 aliphatic heterocycles. The van der Waals surface area contributed by atoms with Gasteiger partial charge in [-0.15, -0.1) is 0 Å². The monoisotopic (exact) mass is 296 g/mol. The van der Waals surface area contributed by atoms with Gasteiger partial charge in [-0.1, -0.05) is 0 Å². The van der Waals surface area contributed by atoms with Crippen LogP contribution in [0.25, 0.3) is 0 Å². The minimum atomic E-state index is -0.995. The molecule has 0 unspecified atom stereocenters. The fraction of sp³-hybridized carbons (Fsp3) is 0.571. The number of morpholine rings is 1. The number of ether oxygens (including phenoxy) is 1. The zero-order valence-corrected chi connectivity index (χ0v) is 12.1. The van der Waals surface area contributed by atoms with E-state index in [1.54, 1.807) is 11.8 Å². The van der Waals surface area contributed by atoms with Crippen molar-refractivity contribution in [2.75, 3.05) is 32.8 Å². The molecule has 21 heavy (non-hydrogen) atoms. The number of hydrogen-bond acceptors (Lipinski definition) is 5. The predicted molar refractivity (Wildman–Crippen MR) is 74.1 cm³/mol. The van der Waals surface area contributed by atoms with Gasteiger partial charge < -0.3 is 24.5 Å². The molecule has 1 aromatic rings. The van der Waals surface area contributed by atoms with Crippen LogP contribution < -0.4 is 5.32 Å². The molecule has 1 fully saturated rings. The normalized spacial score (nSPS) is 15.2. The topological polar surface area (TPSA) is 92.0 Å². The average Bonchev–Trinajstić information content (AvgIpc) is 2.85. The lowest BCUT2D eigenvalue weighted by atomic mass is 10.2. The van der Waals surface area contributed by atoms with Crippen molar-refractivity contribution in [1.82, 2.24) is 10.2 Å². The summed E-state index contributed by atoms with van der Waals surface area (Å²) < 4.78 is 10.5. The fourth-order valence-electron chi connectivity index (χ4n) is 2.22. The summed E-state index contributed by atoms with van der Waals surface area (Å²) in [6.07, 6.45) is 0.408. The SMILES string of the molecule is Cc1oc(CNCCC(=O)N2CCOCC2)cc1C(=O)O. The van der Waals surface area contributed by atoms with E-state index in [0.29, 0.717) is 57.3 Å². The molecule has 2 N–H and O–H groups in total. The predicted octanol–water partition coefficient (Wildman–Crippen LogP) is 0.625. The molecule has 1 saturated heterocycles. The van der Waals surface area contributed by atoms with Gasteiger partial charge in [0.25, 0.3) is 0 Å². The lowest BCUT2D eigenvalue weighted by Gasteiger charge is -2.26. The summed E-state index contributed by atoms with van der Waals surface area (Å²) in [5, 5.41) is 12.0. The Balaban J connectivity index is 1.70. The number of carboxylic acids is 1. The molecule has 0 aliphatic carbocycles. The molecular formula is C14H20N2O5. The Morgan fingerprint density at radius 3 is 2.71 bits per heavy atom. The fourth-order valence-corrected chi connectivity index (χ4v) is 2.22. The van der Waals surface area contributed by atoms with Crippen molar-refractivity contribution in [2.24, 2.45) is 0 Å². The second-order valence-electron chi connectivity index (χ2n) is 4.91. The minimum absolute atomic E-state index is 0.104. The molecule has 0 bridgehead atoms. The number of nitrogens with one attached hydrogen (secondary N) is 1. The van der Waals surface area contributed by atoms with Crippen LogP contribution in [0, 0.1) is 6.92 Å². The van der Waals surface area contributed by atoms with Gasteiger partial charge >= 0.3 is 5.97 Å². The summed E-state index contributed by atoms with van der Waals surface area (Å²) in [4.78, 5) is 24.6. The van der Waals surface area contributed by atoms with Crippen molar-refractivity contribution in [2.45, 2.75) is 19.9 Å². The van der Waals surface area contributed by atoms with Crippen LogP contribution in [0.5, 0.6) is 0 Å². The minimum Gasteiger partial charge on any atom is -0.478 e. The van der Waals surface area contributed by atoms with E-state index >= 15 is 0 Å². The van der Waals surface area contributed by atoms with Gasteiger partial charge in [-0.3, -0.25) is 4.79 Å². The van der Waals surface area contributed by atoms with E-state index < -0.39 is 5.97 Å². The number of aromatic carboxylic acids is 1. The Morgan fingerprint density at radius 1 is 1.38 bits per heavy atom. The van der Waals surface area contributed by atoms with E-state index in [1.165, 1.54) is 6.07 Å². The molecule has 7 nitrogen and oxygen atoms in total. The molecule has 116 valence electrons. The average molecular weight is 296 g/mol. The highest BCUT2D eigenvalue weighted by molar-refractivity contribution is 5.88. The molecule has 0 radical (unpaired) electrons. The summed E-state index contributed by atoms with van der Waals surface area (Å²) in [5.41, 5.74) is 0.177. The van der Waals surface area contributed by atoms with E-state index in [1.807, 2.05) is 0 Å². The Hall–Kier alpha value is -1.86. The maximum atomic E-state index is 11.9. The van der Waals surface area contributed by atoms with E-state index in [0.717, 1.165) is 0 Å². The summed E-state index contributed by atoms with van der Waals surface area (Å²) >= 11 is 0. The van der Waals surface area contributed by atoms with Crippen molar-refractivity contribution < 1.29 is 23.8 Å². The number of aryl methyl sites for hydroxylation is 1. The largest absolute Gasteiger partial charge is 0.478 e. The first kappa shape index (κ1) is 15.5. The van der Waals surface area contributed by atoms with Crippen LogP contribution in [-0.4, -0.2) is 54.7 Å². The third-order valence-electron chi connectivity index (χ3n) is 3.38. The van der Waals surface area contributed by atoms with Crippen molar-refractivity contribution in [3.63, 3.8) is 0 Å². The van der Waals surface area contributed by atoms with Gasteiger partial charge in [0, 0.05) is 26.1 Å². The molecule has 2 heterocycles. The number of carbonyl (C=O) groups is 2.